The van der Waals surface area contributed by atoms with E-state index in [0.29, 0.717) is 0 Å². The van der Waals surface area contributed by atoms with Crippen LogP contribution >= 0.6 is 0 Å². The smallest absolute Gasteiger partial charge is 0.303 e. The molecule has 0 saturated heterocycles. The van der Waals surface area contributed by atoms with Crippen molar-refractivity contribution >= 4 is 41.2 Å². The molecule has 0 aromatic heterocycles. The fourth-order valence-electron chi connectivity index (χ4n) is 2.46. The minimum Gasteiger partial charge on any atom is -0.462 e. The summed E-state index contributed by atoms with van der Waals surface area (Å²) in [4.78, 5) is 69.0. The van der Waals surface area contributed by atoms with Crippen molar-refractivity contribution in [2.75, 3.05) is 11.9 Å². The maximum atomic E-state index is 12.9. The van der Waals surface area contributed by atoms with Crippen molar-refractivity contribution in [3.05, 3.63) is 34.4 Å². The van der Waals surface area contributed by atoms with Crippen LogP contribution in [0.3, 0.4) is 0 Å². The maximum absolute atomic E-state index is 12.9. The first kappa shape index (κ1) is 26.0. The lowest BCUT2D eigenvalue weighted by Crippen LogP contribution is -2.52. The Kier molecular flexibility index (Phi) is 9.73. The fraction of sp³-hybridized carbons (Fsp3) is 0.421. The summed E-state index contributed by atoms with van der Waals surface area (Å²) in [7, 11) is 0. The van der Waals surface area contributed by atoms with Gasteiger partial charge >= 0.3 is 23.9 Å². The maximum Gasteiger partial charge on any atom is 0.303 e. The lowest BCUT2D eigenvalue weighted by atomic mass is 10.1. The molecule has 1 rings (SSSR count). The number of anilines is 1. The number of hydrogen-bond donors (Lipinski definition) is 1. The van der Waals surface area contributed by atoms with E-state index in [9.17, 15) is 34.1 Å². The molecule has 1 aromatic rings. The Balaban J connectivity index is 3.27. The Bertz CT molecular complexity index is 882. The Labute approximate surface area is 182 Å². The van der Waals surface area contributed by atoms with Gasteiger partial charge < -0.3 is 24.3 Å². The topological polar surface area (TPSA) is 177 Å². The molecular formula is C19H22N2O11. The highest BCUT2D eigenvalue weighted by Crippen LogP contribution is 2.19. The zero-order valence-corrected chi connectivity index (χ0v) is 17.7. The number of nitrogens with one attached hydrogen (secondary N) is 1. The molecule has 13 heteroatoms. The first-order chi connectivity index (χ1) is 14.9. The van der Waals surface area contributed by atoms with Crippen molar-refractivity contribution < 1.29 is 47.8 Å². The van der Waals surface area contributed by atoms with Crippen LogP contribution in [0.2, 0.25) is 0 Å². The highest BCUT2D eigenvalue weighted by Gasteiger charge is 2.42. The summed E-state index contributed by atoms with van der Waals surface area (Å²) in [5, 5.41) is 13.1. The molecule has 0 saturated carbocycles. The molecular weight excluding hydrogens is 432 g/mol. The van der Waals surface area contributed by atoms with Gasteiger partial charge in [-0.1, -0.05) is 0 Å². The summed E-state index contributed by atoms with van der Waals surface area (Å²) in [5.41, 5.74) is -0.128. The number of nitro benzene ring substituents is 1. The van der Waals surface area contributed by atoms with Gasteiger partial charge in [-0.05, 0) is 12.1 Å². The predicted molar refractivity (Wildman–Crippen MR) is 105 cm³/mol. The minimum atomic E-state index is -1.83. The predicted octanol–water partition coefficient (Wildman–Crippen LogP) is 0.892. The molecule has 13 nitrogen and oxygen atoms in total. The number of carbonyl (C=O) groups is 5. The van der Waals surface area contributed by atoms with Gasteiger partial charge in [0, 0.05) is 45.5 Å². The van der Waals surface area contributed by atoms with Gasteiger partial charge in [0.25, 0.3) is 11.6 Å². The zero-order valence-electron chi connectivity index (χ0n) is 17.7. The van der Waals surface area contributed by atoms with Crippen LogP contribution in [0.4, 0.5) is 11.4 Å². The van der Waals surface area contributed by atoms with E-state index in [0.717, 1.165) is 39.8 Å². The number of nitrogens with zero attached hydrogens (tertiary/aromatic N) is 1. The Morgan fingerprint density at radius 3 is 1.84 bits per heavy atom. The van der Waals surface area contributed by atoms with Gasteiger partial charge in [0.1, 0.15) is 6.61 Å². The number of esters is 4. The summed E-state index contributed by atoms with van der Waals surface area (Å²) in [6.45, 7) is 3.50. The highest BCUT2D eigenvalue weighted by molar-refractivity contribution is 5.96. The van der Waals surface area contributed by atoms with Crippen LogP contribution in [0.1, 0.15) is 27.7 Å². The molecule has 0 aliphatic carbocycles. The van der Waals surface area contributed by atoms with Gasteiger partial charge in [0.05, 0.1) is 4.92 Å². The van der Waals surface area contributed by atoms with Crippen molar-refractivity contribution in [3.63, 3.8) is 0 Å². The van der Waals surface area contributed by atoms with E-state index >= 15 is 0 Å². The van der Waals surface area contributed by atoms with Crippen molar-refractivity contribution in [1.82, 2.24) is 0 Å². The van der Waals surface area contributed by atoms with Crippen LogP contribution in [0.5, 0.6) is 0 Å². The first-order valence-electron chi connectivity index (χ1n) is 9.11. The molecule has 32 heavy (non-hydrogen) atoms. The number of carbonyl (C=O) groups excluding carboxylic acids is 5. The van der Waals surface area contributed by atoms with Gasteiger partial charge in [-0.25, -0.2) is 0 Å². The number of ether oxygens (including phenoxy) is 4. The van der Waals surface area contributed by atoms with E-state index < -0.39 is 59.6 Å². The number of benzene rings is 1. The second-order valence-electron chi connectivity index (χ2n) is 6.35. The van der Waals surface area contributed by atoms with Gasteiger partial charge in [-0.15, -0.1) is 0 Å². The summed E-state index contributed by atoms with van der Waals surface area (Å²) in [6.07, 6.45) is -5.00. The van der Waals surface area contributed by atoms with Crippen molar-refractivity contribution in [1.29, 1.82) is 0 Å². The molecule has 1 aromatic carbocycles. The van der Waals surface area contributed by atoms with Gasteiger partial charge in [0.15, 0.2) is 12.2 Å². The molecule has 174 valence electrons. The Morgan fingerprint density at radius 2 is 1.41 bits per heavy atom. The SMILES string of the molecule is CC(=O)OC[C@H](OC(C)=O)[C@H](OC(C)=O)[C@@H](OC(C)=O)C(=O)Nc1ccc([N+](=O)[O-])cc1. The Hall–Kier alpha value is -4.03. The van der Waals surface area contributed by atoms with Crippen LogP contribution in [-0.4, -0.2) is 59.6 Å². The molecule has 3 atom stereocenters. The number of nitro groups is 1. The van der Waals surface area contributed by atoms with E-state index in [4.69, 9.17) is 18.9 Å². The number of hydrogen-bond acceptors (Lipinski definition) is 11. The van der Waals surface area contributed by atoms with E-state index in [2.05, 4.69) is 5.32 Å². The lowest BCUT2D eigenvalue weighted by molar-refractivity contribution is -0.384. The summed E-state index contributed by atoms with van der Waals surface area (Å²) in [6, 6.07) is 4.71. The standard InChI is InChI=1S/C19H22N2O11/c1-10(22)29-9-16(30-11(2)23)17(31-12(3)24)18(32-13(4)25)19(26)20-14-5-7-15(8-6-14)21(27)28/h5-8,16-18H,9H2,1-4H3,(H,20,26)/t16-,17-,18+/m0/s1. The van der Waals surface area contributed by atoms with Crippen LogP contribution in [0.15, 0.2) is 24.3 Å². The van der Waals surface area contributed by atoms with Gasteiger partial charge in [0.2, 0.25) is 6.10 Å². The third kappa shape index (κ3) is 8.77. The number of rotatable bonds is 10. The molecule has 0 fully saturated rings. The van der Waals surface area contributed by atoms with Crippen LogP contribution in [0, 0.1) is 10.1 Å². The second kappa shape index (κ2) is 12.0. The molecule has 0 aliphatic heterocycles. The van der Waals surface area contributed by atoms with E-state index in [1.54, 1.807) is 0 Å². The second-order valence-corrected chi connectivity index (χ2v) is 6.35. The van der Waals surface area contributed by atoms with E-state index in [1.165, 1.54) is 12.1 Å². The normalized spacial score (nSPS) is 13.0. The largest absolute Gasteiger partial charge is 0.462 e. The average Bonchev–Trinajstić information content (AvgIpc) is 2.67. The molecule has 1 amide bonds. The van der Waals surface area contributed by atoms with Crippen LogP contribution < -0.4 is 5.32 Å². The summed E-state index contributed by atoms with van der Waals surface area (Å²) in [5.74, 6) is -4.43. The minimum absolute atomic E-state index is 0.100. The zero-order chi connectivity index (χ0) is 24.4. The third-order valence-electron chi connectivity index (χ3n) is 3.63. The molecule has 0 unspecified atom stereocenters. The van der Waals surface area contributed by atoms with Gasteiger partial charge in [-0.3, -0.25) is 34.1 Å². The quantitative estimate of drug-likeness (QED) is 0.230. The monoisotopic (exact) mass is 454 g/mol. The summed E-state index contributed by atoms with van der Waals surface area (Å²) >= 11 is 0. The first-order valence-corrected chi connectivity index (χ1v) is 9.11. The average molecular weight is 454 g/mol. The van der Waals surface area contributed by atoms with Crippen LogP contribution in [-0.2, 0) is 42.9 Å². The number of amides is 1. The fourth-order valence-corrected chi connectivity index (χ4v) is 2.46. The van der Waals surface area contributed by atoms with Crippen molar-refractivity contribution in [2.24, 2.45) is 0 Å². The van der Waals surface area contributed by atoms with E-state index in [-0.39, 0.29) is 11.4 Å². The molecule has 0 radical (unpaired) electrons. The molecule has 0 aliphatic rings. The number of non-ortho nitro benzene ring substituents is 1. The Morgan fingerprint density at radius 1 is 0.875 bits per heavy atom. The summed E-state index contributed by atoms with van der Waals surface area (Å²) < 4.78 is 19.9. The van der Waals surface area contributed by atoms with E-state index in [1.807, 2.05) is 0 Å². The van der Waals surface area contributed by atoms with Crippen molar-refractivity contribution in [2.45, 2.75) is 46.0 Å². The third-order valence-corrected chi connectivity index (χ3v) is 3.63. The van der Waals surface area contributed by atoms with Gasteiger partial charge in [-0.2, -0.15) is 0 Å². The van der Waals surface area contributed by atoms with Crippen LogP contribution in [0.25, 0.3) is 0 Å². The molecule has 0 heterocycles. The molecule has 1 N–H and O–H groups in total. The lowest BCUT2D eigenvalue weighted by Gasteiger charge is -2.30. The molecule has 0 bridgehead atoms. The molecule has 0 spiro atoms. The highest BCUT2D eigenvalue weighted by atomic mass is 16.6. The van der Waals surface area contributed by atoms with Crippen molar-refractivity contribution in [3.8, 4) is 0 Å².